The van der Waals surface area contributed by atoms with Crippen molar-refractivity contribution >= 4 is 5.69 Å². The lowest BCUT2D eigenvalue weighted by Gasteiger charge is -2.21. The summed E-state index contributed by atoms with van der Waals surface area (Å²) in [5, 5.41) is 11.8. The third kappa shape index (κ3) is 3.37. The normalized spacial score (nSPS) is 16.2. The summed E-state index contributed by atoms with van der Waals surface area (Å²) in [4.78, 5) is 0. The first-order valence-electron chi connectivity index (χ1n) is 7.55. The quantitative estimate of drug-likeness (QED) is 0.878. The first kappa shape index (κ1) is 14.0. The number of aryl methyl sites for hydroxylation is 1. The van der Waals surface area contributed by atoms with E-state index in [-0.39, 0.29) is 5.82 Å². The van der Waals surface area contributed by atoms with E-state index in [0.29, 0.717) is 17.1 Å². The van der Waals surface area contributed by atoms with E-state index in [1.54, 1.807) is 10.7 Å². The lowest BCUT2D eigenvalue weighted by molar-refractivity contribution is 0.318. The first-order valence-corrected chi connectivity index (χ1v) is 7.55. The van der Waals surface area contributed by atoms with Gasteiger partial charge in [-0.2, -0.15) is 0 Å². The van der Waals surface area contributed by atoms with Crippen LogP contribution >= 0.6 is 0 Å². The summed E-state index contributed by atoms with van der Waals surface area (Å²) in [6.07, 6.45) is 7.67. The summed E-state index contributed by atoms with van der Waals surface area (Å²) in [5.41, 5.74) is 6.70. The molecule has 1 aliphatic rings. The minimum atomic E-state index is -0.369. The van der Waals surface area contributed by atoms with E-state index in [1.165, 1.54) is 44.2 Å². The minimum absolute atomic E-state index is 0.369. The predicted octanol–water partition coefficient (Wildman–Crippen LogP) is 3.03. The summed E-state index contributed by atoms with van der Waals surface area (Å²) in [5.74, 6) is 0.970. The van der Waals surface area contributed by atoms with Crippen molar-refractivity contribution in [3.63, 3.8) is 0 Å². The molecule has 1 heterocycles. The van der Waals surface area contributed by atoms with E-state index >= 15 is 0 Å². The monoisotopic (exact) mass is 289 g/mol. The summed E-state index contributed by atoms with van der Waals surface area (Å²) in [6, 6.07) is 4.41. The van der Waals surface area contributed by atoms with Gasteiger partial charge in [-0.3, -0.25) is 0 Å². The smallest absolute Gasteiger partial charge is 0.182 e. The summed E-state index contributed by atoms with van der Waals surface area (Å²) < 4.78 is 15.2. The van der Waals surface area contributed by atoms with E-state index in [0.717, 1.165) is 18.9 Å². The molecule has 5 nitrogen and oxygen atoms in total. The second-order valence-corrected chi connectivity index (χ2v) is 5.79. The van der Waals surface area contributed by atoms with Crippen LogP contribution in [0.2, 0.25) is 0 Å². The van der Waals surface area contributed by atoms with Gasteiger partial charge in [-0.15, -0.1) is 5.10 Å². The van der Waals surface area contributed by atoms with Gasteiger partial charge in [0.2, 0.25) is 0 Å². The van der Waals surface area contributed by atoms with Gasteiger partial charge in [0, 0.05) is 17.8 Å². The molecule has 1 aromatic carbocycles. The van der Waals surface area contributed by atoms with Gasteiger partial charge in [0.15, 0.2) is 5.82 Å². The van der Waals surface area contributed by atoms with Crippen LogP contribution < -0.4 is 5.73 Å². The van der Waals surface area contributed by atoms with Gasteiger partial charge in [-0.05, 0) is 41.0 Å². The Labute approximate surface area is 123 Å². The molecule has 0 bridgehead atoms. The summed E-state index contributed by atoms with van der Waals surface area (Å²) in [6.45, 7) is 0.767. The van der Waals surface area contributed by atoms with Crippen molar-refractivity contribution in [3.8, 4) is 11.4 Å². The number of nitrogens with zero attached hydrogens (tertiary/aromatic N) is 4. The van der Waals surface area contributed by atoms with Crippen LogP contribution in [0.3, 0.4) is 0 Å². The number of hydrogen-bond donors (Lipinski definition) is 1. The average molecular weight is 289 g/mol. The number of anilines is 1. The highest BCUT2D eigenvalue weighted by Crippen LogP contribution is 2.27. The van der Waals surface area contributed by atoms with Crippen molar-refractivity contribution in [2.75, 3.05) is 5.73 Å². The molecule has 0 spiro atoms. The molecule has 2 aromatic rings. The van der Waals surface area contributed by atoms with Crippen molar-refractivity contribution in [1.29, 1.82) is 0 Å². The Morgan fingerprint density at radius 1 is 1.19 bits per heavy atom. The molecule has 0 radical (unpaired) electrons. The Kier molecular flexibility index (Phi) is 4.13. The number of rotatable bonds is 4. The Bertz CT molecular complexity index is 584. The molecular weight excluding hydrogens is 269 g/mol. The third-order valence-corrected chi connectivity index (χ3v) is 4.18. The zero-order valence-corrected chi connectivity index (χ0v) is 12.0. The Balaban J connectivity index is 1.74. The van der Waals surface area contributed by atoms with E-state index < -0.39 is 0 Å². The highest BCUT2D eigenvalue weighted by Gasteiger charge is 2.16. The molecular formula is C15H20FN5. The third-order valence-electron chi connectivity index (χ3n) is 4.18. The topological polar surface area (TPSA) is 69.6 Å². The van der Waals surface area contributed by atoms with E-state index in [1.807, 2.05) is 0 Å². The number of halogens is 1. The van der Waals surface area contributed by atoms with Crippen LogP contribution in [0, 0.1) is 11.7 Å². The number of hydrogen-bond acceptors (Lipinski definition) is 4. The van der Waals surface area contributed by atoms with Crippen LogP contribution in [-0.4, -0.2) is 20.2 Å². The lowest BCUT2D eigenvalue weighted by atomic mass is 9.87. The van der Waals surface area contributed by atoms with Gasteiger partial charge in [0.25, 0.3) is 0 Å². The maximum atomic E-state index is 13.5. The number of benzene rings is 1. The van der Waals surface area contributed by atoms with E-state index in [4.69, 9.17) is 5.73 Å². The lowest BCUT2D eigenvalue weighted by Crippen LogP contribution is -2.12. The average Bonchev–Trinajstić information content (AvgIpc) is 2.93. The van der Waals surface area contributed by atoms with Crippen LogP contribution in [0.5, 0.6) is 0 Å². The highest BCUT2D eigenvalue weighted by molar-refractivity contribution is 5.61. The molecule has 6 heteroatoms. The number of aromatic nitrogens is 4. The molecule has 21 heavy (non-hydrogen) atoms. The van der Waals surface area contributed by atoms with Crippen molar-refractivity contribution in [2.24, 2.45) is 5.92 Å². The molecule has 0 unspecified atom stereocenters. The molecule has 0 atom stereocenters. The Morgan fingerprint density at radius 2 is 2.00 bits per heavy atom. The maximum Gasteiger partial charge on any atom is 0.182 e. The molecule has 3 rings (SSSR count). The van der Waals surface area contributed by atoms with Gasteiger partial charge in [-0.1, -0.05) is 32.1 Å². The second kappa shape index (κ2) is 6.20. The standard InChI is InChI=1S/C15H20FN5/c16-13-8-12(9-14(17)10-13)15-18-19-20-21(15)7-6-11-4-2-1-3-5-11/h8-11H,1-7,17H2. The summed E-state index contributed by atoms with van der Waals surface area (Å²) in [7, 11) is 0. The molecule has 1 saturated carbocycles. The fourth-order valence-corrected chi connectivity index (χ4v) is 3.08. The zero-order valence-electron chi connectivity index (χ0n) is 12.0. The second-order valence-electron chi connectivity index (χ2n) is 5.79. The van der Waals surface area contributed by atoms with E-state index in [2.05, 4.69) is 15.5 Å². The van der Waals surface area contributed by atoms with Crippen LogP contribution in [0.4, 0.5) is 10.1 Å². The minimum Gasteiger partial charge on any atom is -0.399 e. The Hall–Kier alpha value is -1.98. The summed E-state index contributed by atoms with van der Waals surface area (Å²) >= 11 is 0. The van der Waals surface area contributed by atoms with Crippen LogP contribution in [-0.2, 0) is 6.54 Å². The first-order chi connectivity index (χ1) is 10.2. The predicted molar refractivity (Wildman–Crippen MR) is 78.8 cm³/mol. The number of nitrogen functional groups attached to an aromatic ring is 1. The maximum absolute atomic E-state index is 13.5. The molecule has 0 aliphatic heterocycles. The largest absolute Gasteiger partial charge is 0.399 e. The van der Waals surface area contributed by atoms with Gasteiger partial charge < -0.3 is 5.73 Å². The van der Waals surface area contributed by atoms with Crippen molar-refractivity contribution < 1.29 is 4.39 Å². The van der Waals surface area contributed by atoms with Crippen LogP contribution in [0.25, 0.3) is 11.4 Å². The molecule has 1 fully saturated rings. The zero-order chi connectivity index (χ0) is 14.7. The van der Waals surface area contributed by atoms with Gasteiger partial charge >= 0.3 is 0 Å². The SMILES string of the molecule is Nc1cc(F)cc(-c2nnnn2CCC2CCCCC2)c1. The van der Waals surface area contributed by atoms with Crippen molar-refractivity contribution in [1.82, 2.24) is 20.2 Å². The van der Waals surface area contributed by atoms with Crippen LogP contribution in [0.1, 0.15) is 38.5 Å². The number of nitrogens with two attached hydrogens (primary N) is 1. The van der Waals surface area contributed by atoms with E-state index in [9.17, 15) is 4.39 Å². The van der Waals surface area contributed by atoms with Crippen molar-refractivity contribution in [3.05, 3.63) is 24.0 Å². The molecule has 1 aliphatic carbocycles. The van der Waals surface area contributed by atoms with Gasteiger partial charge in [0.1, 0.15) is 5.82 Å². The Morgan fingerprint density at radius 3 is 2.76 bits per heavy atom. The molecule has 112 valence electrons. The molecule has 0 amide bonds. The fourth-order valence-electron chi connectivity index (χ4n) is 3.08. The molecule has 1 aromatic heterocycles. The highest BCUT2D eigenvalue weighted by atomic mass is 19.1. The number of tetrazole rings is 1. The van der Waals surface area contributed by atoms with Gasteiger partial charge in [-0.25, -0.2) is 9.07 Å². The fraction of sp³-hybridized carbons (Fsp3) is 0.533. The van der Waals surface area contributed by atoms with Gasteiger partial charge in [0.05, 0.1) is 0 Å². The molecule has 0 saturated heterocycles. The van der Waals surface area contributed by atoms with Crippen LogP contribution in [0.15, 0.2) is 18.2 Å². The van der Waals surface area contributed by atoms with Crippen molar-refractivity contribution in [2.45, 2.75) is 45.1 Å². The molecule has 2 N–H and O–H groups in total.